The largest absolute Gasteiger partial charge is 0.416 e. The number of nitrogens with one attached hydrogen (secondary N) is 1. The average Bonchev–Trinajstić information content (AvgIpc) is 2.88. The molecule has 0 saturated heterocycles. The van der Waals surface area contributed by atoms with Crippen LogP contribution in [-0.2, 0) is 6.18 Å². The Bertz CT molecular complexity index is 1430. The van der Waals surface area contributed by atoms with E-state index in [4.69, 9.17) is 5.73 Å². The summed E-state index contributed by atoms with van der Waals surface area (Å²) in [6.45, 7) is 1.50. The number of aromatic nitrogens is 3. The molecule has 3 N–H and O–H groups in total. The lowest BCUT2D eigenvalue weighted by atomic mass is 10.1. The third-order valence-electron chi connectivity index (χ3n) is 5.59. The highest BCUT2D eigenvalue weighted by Gasteiger charge is 2.30. The van der Waals surface area contributed by atoms with Crippen molar-refractivity contribution < 1.29 is 13.2 Å². The molecule has 7 nitrogen and oxygen atoms in total. The van der Waals surface area contributed by atoms with Crippen molar-refractivity contribution in [1.29, 1.82) is 0 Å². The molecule has 10 heteroatoms. The minimum atomic E-state index is -4.39. The van der Waals surface area contributed by atoms with E-state index in [1.807, 2.05) is 32.3 Å². The van der Waals surface area contributed by atoms with Gasteiger partial charge in [-0.25, -0.2) is 9.97 Å². The highest BCUT2D eigenvalue weighted by molar-refractivity contribution is 6.10. The van der Waals surface area contributed by atoms with Crippen LogP contribution in [0.1, 0.15) is 11.1 Å². The van der Waals surface area contributed by atoms with Crippen LogP contribution in [0.4, 0.5) is 24.7 Å². The number of hydrogen-bond acceptors (Lipinski definition) is 7. The van der Waals surface area contributed by atoms with Crippen molar-refractivity contribution in [2.24, 2.45) is 10.7 Å². The Labute approximate surface area is 212 Å². The Kier molecular flexibility index (Phi) is 7.78. The molecule has 0 unspecified atom stereocenters. The molecule has 0 spiro atoms. The minimum absolute atomic E-state index is 0.533. The molecule has 0 fully saturated rings. The van der Waals surface area contributed by atoms with Crippen molar-refractivity contribution in [3.8, 4) is 11.3 Å². The number of benzene rings is 2. The number of fused-ring (bicyclic) bond motifs is 1. The zero-order valence-electron chi connectivity index (χ0n) is 20.4. The molecular weight excluding hydrogens is 479 g/mol. The van der Waals surface area contributed by atoms with Crippen molar-refractivity contribution in [2.75, 3.05) is 32.5 Å². The molecule has 190 valence electrons. The van der Waals surface area contributed by atoms with Gasteiger partial charge in [0.1, 0.15) is 12.1 Å². The van der Waals surface area contributed by atoms with Gasteiger partial charge in [0, 0.05) is 47.4 Å². The smallest absolute Gasteiger partial charge is 0.404 e. The van der Waals surface area contributed by atoms with Gasteiger partial charge in [0.2, 0.25) is 0 Å². The molecule has 2 aromatic heterocycles. The fraction of sp³-hybridized carbons (Fsp3) is 0.185. The van der Waals surface area contributed by atoms with Crippen LogP contribution < -0.4 is 11.1 Å². The Morgan fingerprint density at radius 2 is 1.81 bits per heavy atom. The van der Waals surface area contributed by atoms with E-state index in [0.717, 1.165) is 35.2 Å². The normalized spacial score (nSPS) is 12.5. The van der Waals surface area contributed by atoms with Gasteiger partial charge in [0.05, 0.1) is 23.3 Å². The van der Waals surface area contributed by atoms with Gasteiger partial charge in [-0.05, 0) is 56.1 Å². The van der Waals surface area contributed by atoms with Crippen molar-refractivity contribution in [3.63, 3.8) is 0 Å². The van der Waals surface area contributed by atoms with Gasteiger partial charge >= 0.3 is 6.18 Å². The molecule has 0 aliphatic heterocycles. The van der Waals surface area contributed by atoms with Gasteiger partial charge in [0.25, 0.3) is 0 Å². The first-order chi connectivity index (χ1) is 17.7. The summed E-state index contributed by atoms with van der Waals surface area (Å²) < 4.78 is 38.7. The minimum Gasteiger partial charge on any atom is -0.404 e. The third kappa shape index (κ3) is 6.47. The van der Waals surface area contributed by atoms with Crippen LogP contribution in [0.15, 0.2) is 78.3 Å². The number of nitrogens with zero attached hydrogens (tertiary/aromatic N) is 5. The Hall–Kier alpha value is -4.31. The summed E-state index contributed by atoms with van der Waals surface area (Å²) in [5.41, 5.74) is 9.30. The zero-order valence-corrected chi connectivity index (χ0v) is 20.4. The summed E-state index contributed by atoms with van der Waals surface area (Å²) in [5.74, 6) is 0.582. The molecule has 4 aromatic rings. The second-order valence-corrected chi connectivity index (χ2v) is 8.54. The molecule has 0 amide bonds. The highest BCUT2D eigenvalue weighted by atomic mass is 19.4. The molecular formula is C27H26F3N7. The van der Waals surface area contributed by atoms with Crippen molar-refractivity contribution >= 4 is 34.2 Å². The van der Waals surface area contributed by atoms with E-state index in [1.165, 1.54) is 24.7 Å². The maximum atomic E-state index is 12.9. The average molecular weight is 506 g/mol. The maximum absolute atomic E-state index is 12.9. The number of likely N-dealkylation sites (N-methyl/N-ethyl adjacent to an activating group) is 1. The van der Waals surface area contributed by atoms with Crippen LogP contribution in [0, 0.1) is 0 Å². The summed E-state index contributed by atoms with van der Waals surface area (Å²) in [6.07, 6.45) is 1.93. The van der Waals surface area contributed by atoms with Crippen LogP contribution in [0.5, 0.6) is 0 Å². The second-order valence-electron chi connectivity index (χ2n) is 8.54. The van der Waals surface area contributed by atoms with E-state index >= 15 is 0 Å². The third-order valence-corrected chi connectivity index (χ3v) is 5.59. The van der Waals surface area contributed by atoms with Crippen LogP contribution >= 0.6 is 0 Å². The van der Waals surface area contributed by atoms with Crippen LogP contribution in [0.2, 0.25) is 0 Å². The summed E-state index contributed by atoms with van der Waals surface area (Å²) in [6, 6.07) is 14.2. The lowest BCUT2D eigenvalue weighted by Gasteiger charge is -2.11. The topological polar surface area (TPSA) is 92.3 Å². The maximum Gasteiger partial charge on any atom is 0.416 e. The van der Waals surface area contributed by atoms with Crippen molar-refractivity contribution in [2.45, 2.75) is 6.18 Å². The van der Waals surface area contributed by atoms with Gasteiger partial charge in [-0.15, -0.1) is 0 Å². The lowest BCUT2D eigenvalue weighted by Crippen LogP contribution is -2.15. The van der Waals surface area contributed by atoms with E-state index in [0.29, 0.717) is 34.8 Å². The van der Waals surface area contributed by atoms with Gasteiger partial charge in [-0.1, -0.05) is 18.2 Å². The number of allylic oxidation sites excluding steroid dienone is 1. The molecule has 0 bridgehead atoms. The Morgan fingerprint density at radius 1 is 1.03 bits per heavy atom. The number of alkyl halides is 3. The fourth-order valence-corrected chi connectivity index (χ4v) is 3.60. The van der Waals surface area contributed by atoms with E-state index in [-0.39, 0.29) is 0 Å². The molecule has 0 radical (unpaired) electrons. The number of rotatable bonds is 8. The number of halogens is 3. The predicted molar refractivity (Wildman–Crippen MR) is 142 cm³/mol. The summed E-state index contributed by atoms with van der Waals surface area (Å²) in [5, 5.41) is 4.06. The van der Waals surface area contributed by atoms with Gasteiger partial charge < -0.3 is 16.0 Å². The molecule has 0 atom stereocenters. The number of nitrogens with two attached hydrogens (primary N) is 1. The van der Waals surface area contributed by atoms with Crippen LogP contribution in [-0.4, -0.2) is 53.3 Å². The number of anilines is 2. The van der Waals surface area contributed by atoms with Crippen LogP contribution in [0.3, 0.4) is 0 Å². The summed E-state index contributed by atoms with van der Waals surface area (Å²) in [7, 11) is 3.98. The van der Waals surface area contributed by atoms with E-state index in [1.54, 1.807) is 24.5 Å². The van der Waals surface area contributed by atoms with Crippen LogP contribution in [0.25, 0.3) is 27.7 Å². The van der Waals surface area contributed by atoms with Gasteiger partial charge in [0.15, 0.2) is 0 Å². The Morgan fingerprint density at radius 3 is 2.51 bits per heavy atom. The summed E-state index contributed by atoms with van der Waals surface area (Å²) >= 11 is 0. The first-order valence-corrected chi connectivity index (χ1v) is 11.5. The molecule has 4 rings (SSSR count). The van der Waals surface area contributed by atoms with E-state index in [2.05, 4.69) is 30.2 Å². The molecule has 0 aliphatic rings. The fourth-order valence-electron chi connectivity index (χ4n) is 3.60. The van der Waals surface area contributed by atoms with Crippen molar-refractivity contribution in [3.05, 3.63) is 84.4 Å². The highest BCUT2D eigenvalue weighted by Crippen LogP contribution is 2.31. The molecule has 0 aliphatic carbocycles. The first-order valence-electron chi connectivity index (χ1n) is 11.5. The number of pyridine rings is 1. The molecule has 2 aromatic carbocycles. The predicted octanol–water partition coefficient (Wildman–Crippen LogP) is 5.39. The van der Waals surface area contributed by atoms with Gasteiger partial charge in [-0.3, -0.25) is 9.98 Å². The van der Waals surface area contributed by atoms with Gasteiger partial charge in [-0.2, -0.15) is 13.2 Å². The monoisotopic (exact) mass is 505 g/mol. The van der Waals surface area contributed by atoms with E-state index < -0.39 is 11.7 Å². The standard InChI is InChI=1S/C27H26F3N7/c1-37(2)12-11-32-16-20(15-31)19-5-8-23-25(13-19)34-17-35-26(23)36-22-9-10-33-24(14-22)18-3-6-21(7-4-18)27(28,29)30/h3-10,13-17H,11-12,31H2,1-2H3,(H,33,34,35,36). The second kappa shape index (κ2) is 11.2. The zero-order chi connectivity index (χ0) is 26.4. The molecule has 37 heavy (non-hydrogen) atoms. The molecule has 2 heterocycles. The SMILES string of the molecule is CN(C)CCN=CC(=CN)c1ccc2c(Nc3ccnc(-c4ccc(C(F)(F)F)cc4)c3)ncnc2c1. The number of aliphatic imine (C=N–C) groups is 1. The summed E-state index contributed by atoms with van der Waals surface area (Å²) in [4.78, 5) is 19.6. The first kappa shape index (κ1) is 25.8. The Balaban J connectivity index is 1.56. The van der Waals surface area contributed by atoms with Crippen molar-refractivity contribution in [1.82, 2.24) is 19.9 Å². The molecule has 0 saturated carbocycles. The van der Waals surface area contributed by atoms with E-state index in [9.17, 15) is 13.2 Å². The lowest BCUT2D eigenvalue weighted by molar-refractivity contribution is -0.137. The number of hydrogen-bond donors (Lipinski definition) is 2. The quantitative estimate of drug-likeness (QED) is 0.312.